The number of hydrogen-bond acceptors (Lipinski definition) is 5. The van der Waals surface area contributed by atoms with Gasteiger partial charge in [-0.25, -0.2) is 8.42 Å². The number of nitrogens with one attached hydrogen (secondary N) is 1. The van der Waals surface area contributed by atoms with Crippen LogP contribution in [0.5, 0.6) is 0 Å². The van der Waals surface area contributed by atoms with Gasteiger partial charge in [0.1, 0.15) is 9.75 Å². The molecule has 0 bridgehead atoms. The van der Waals surface area contributed by atoms with Gasteiger partial charge in [0.2, 0.25) is 0 Å². The highest BCUT2D eigenvalue weighted by molar-refractivity contribution is 9.11. The lowest BCUT2D eigenvalue weighted by Crippen LogP contribution is -2.52. The Balaban J connectivity index is 3.06. The van der Waals surface area contributed by atoms with Gasteiger partial charge < -0.3 is 4.74 Å². The van der Waals surface area contributed by atoms with E-state index in [2.05, 4.69) is 25.4 Å². The molecule has 1 rings (SSSR count). The fourth-order valence-corrected chi connectivity index (χ4v) is 5.11. The summed E-state index contributed by atoms with van der Waals surface area (Å²) in [6.07, 6.45) is 1.02. The molecule has 0 aromatic carbocycles. The van der Waals surface area contributed by atoms with Crippen molar-refractivity contribution in [2.75, 3.05) is 7.11 Å². The molecule has 0 amide bonds. The van der Waals surface area contributed by atoms with Crippen LogP contribution < -0.4 is 4.72 Å². The maximum atomic E-state index is 12.2. The molecule has 0 fully saturated rings. The van der Waals surface area contributed by atoms with E-state index in [1.54, 1.807) is 6.07 Å². The molecule has 1 N–H and O–H groups in total. The third-order valence-corrected chi connectivity index (χ3v) is 6.27. The van der Waals surface area contributed by atoms with Crippen LogP contribution in [0.4, 0.5) is 0 Å². The summed E-state index contributed by atoms with van der Waals surface area (Å²) in [5.41, 5.74) is -1.25. The first-order chi connectivity index (χ1) is 8.75. The van der Waals surface area contributed by atoms with Crippen LogP contribution in [-0.4, -0.2) is 27.0 Å². The van der Waals surface area contributed by atoms with E-state index in [0.717, 1.165) is 11.3 Å². The van der Waals surface area contributed by atoms with Crippen LogP contribution in [-0.2, 0) is 19.6 Å². The predicted molar refractivity (Wildman–Crippen MR) is 77.7 cm³/mol. The molecular weight excluding hydrogens is 354 g/mol. The maximum Gasteiger partial charge on any atom is 0.326 e. The van der Waals surface area contributed by atoms with Crippen molar-refractivity contribution < 1.29 is 17.9 Å². The second-order valence-corrected chi connectivity index (χ2v) is 8.61. The van der Waals surface area contributed by atoms with Crippen molar-refractivity contribution >= 4 is 43.3 Å². The Kier molecular flexibility index (Phi) is 5.54. The normalized spacial score (nSPS) is 14.9. The lowest BCUT2D eigenvalue weighted by molar-refractivity contribution is -0.147. The van der Waals surface area contributed by atoms with Crippen molar-refractivity contribution in [2.45, 2.75) is 36.4 Å². The zero-order chi connectivity index (χ0) is 14.7. The Hall–Kier alpha value is -0.440. The smallest absolute Gasteiger partial charge is 0.326 e. The van der Waals surface area contributed by atoms with E-state index in [0.29, 0.717) is 16.6 Å². The van der Waals surface area contributed by atoms with Crippen molar-refractivity contribution in [2.24, 2.45) is 0 Å². The number of hydrogen-bond donors (Lipinski definition) is 1. The Morgan fingerprint density at radius 1 is 1.53 bits per heavy atom. The Morgan fingerprint density at radius 2 is 2.16 bits per heavy atom. The van der Waals surface area contributed by atoms with E-state index in [4.69, 9.17) is 0 Å². The van der Waals surface area contributed by atoms with E-state index < -0.39 is 21.5 Å². The second kappa shape index (κ2) is 6.34. The highest BCUT2D eigenvalue weighted by Crippen LogP contribution is 2.27. The molecule has 1 unspecified atom stereocenters. The third-order valence-electron chi connectivity index (χ3n) is 2.56. The van der Waals surface area contributed by atoms with Crippen molar-refractivity contribution in [1.82, 2.24) is 4.72 Å². The Bertz CT molecular complexity index is 555. The number of carbonyl (C=O) groups excluding carboxylic acids is 1. The quantitative estimate of drug-likeness (QED) is 0.781. The van der Waals surface area contributed by atoms with Crippen molar-refractivity contribution in [3.63, 3.8) is 0 Å². The summed E-state index contributed by atoms with van der Waals surface area (Å²) < 4.78 is 32.4. The van der Waals surface area contributed by atoms with E-state index >= 15 is 0 Å². The summed E-state index contributed by atoms with van der Waals surface area (Å²) in [7, 11) is -2.49. The van der Waals surface area contributed by atoms with Crippen LogP contribution in [0.15, 0.2) is 20.1 Å². The van der Waals surface area contributed by atoms with Crippen molar-refractivity contribution in [3.05, 3.63) is 15.9 Å². The Morgan fingerprint density at radius 3 is 2.58 bits per heavy atom. The van der Waals surface area contributed by atoms with Gasteiger partial charge in [0.15, 0.2) is 0 Å². The van der Waals surface area contributed by atoms with Gasteiger partial charge in [-0.2, -0.15) is 4.72 Å². The number of sulfonamides is 1. The van der Waals surface area contributed by atoms with Gasteiger partial charge in [0.05, 0.1) is 10.9 Å². The maximum absolute atomic E-state index is 12.2. The molecule has 1 aromatic heterocycles. The number of halogens is 1. The van der Waals surface area contributed by atoms with Crippen LogP contribution in [0, 0.1) is 0 Å². The van der Waals surface area contributed by atoms with Crippen LogP contribution in [0.25, 0.3) is 0 Å². The van der Waals surface area contributed by atoms with Crippen molar-refractivity contribution in [3.8, 4) is 0 Å². The molecule has 108 valence electrons. The van der Waals surface area contributed by atoms with E-state index in [9.17, 15) is 13.2 Å². The minimum Gasteiger partial charge on any atom is -0.468 e. The zero-order valence-electron chi connectivity index (χ0n) is 10.9. The molecule has 0 aliphatic carbocycles. The summed E-state index contributed by atoms with van der Waals surface area (Å²) in [6, 6.07) is 3.13. The van der Waals surface area contributed by atoms with E-state index in [1.807, 2.05) is 6.92 Å². The topological polar surface area (TPSA) is 72.5 Å². The van der Waals surface area contributed by atoms with E-state index in [-0.39, 0.29) is 4.21 Å². The molecule has 0 spiro atoms. The highest BCUT2D eigenvalue weighted by atomic mass is 79.9. The summed E-state index contributed by atoms with van der Waals surface area (Å²) in [5.74, 6) is -0.589. The molecule has 1 heterocycles. The lowest BCUT2D eigenvalue weighted by Gasteiger charge is -2.26. The van der Waals surface area contributed by atoms with Crippen molar-refractivity contribution in [1.29, 1.82) is 0 Å². The fourth-order valence-electron chi connectivity index (χ4n) is 1.71. The standard InChI is InChI=1S/C11H16BrNO4S2/c1-4-7-11(2,10(14)17-3)13-19(15,16)9-6-5-8(12)18-9/h5-6,13H,4,7H2,1-3H3. The number of ether oxygens (including phenoxy) is 1. The molecule has 8 heteroatoms. The van der Waals surface area contributed by atoms with E-state index in [1.165, 1.54) is 20.1 Å². The first kappa shape index (κ1) is 16.6. The summed E-state index contributed by atoms with van der Waals surface area (Å²) in [6.45, 7) is 3.40. The minimum absolute atomic E-state index is 0.158. The molecule has 0 saturated heterocycles. The van der Waals surface area contributed by atoms with Gasteiger partial charge in [-0.15, -0.1) is 11.3 Å². The van der Waals surface area contributed by atoms with Gasteiger partial charge in [0.25, 0.3) is 10.0 Å². The van der Waals surface area contributed by atoms with Crippen LogP contribution in [0.1, 0.15) is 26.7 Å². The molecule has 0 aliphatic rings. The summed E-state index contributed by atoms with van der Waals surface area (Å²) in [4.78, 5) is 11.8. The average molecular weight is 370 g/mol. The molecule has 1 atom stereocenters. The van der Waals surface area contributed by atoms with Gasteiger partial charge >= 0.3 is 5.97 Å². The predicted octanol–water partition coefficient (Wildman–Crippen LogP) is 2.52. The van der Waals surface area contributed by atoms with Crippen LogP contribution in [0.3, 0.4) is 0 Å². The molecule has 0 radical (unpaired) electrons. The van der Waals surface area contributed by atoms with Gasteiger partial charge in [-0.1, -0.05) is 13.3 Å². The highest BCUT2D eigenvalue weighted by Gasteiger charge is 2.38. The van der Waals surface area contributed by atoms with Gasteiger partial charge in [-0.05, 0) is 41.4 Å². The first-order valence-electron chi connectivity index (χ1n) is 5.63. The number of esters is 1. The summed E-state index contributed by atoms with van der Waals surface area (Å²) in [5, 5.41) is 0. The molecular formula is C11H16BrNO4S2. The van der Waals surface area contributed by atoms with Gasteiger partial charge in [0, 0.05) is 0 Å². The lowest BCUT2D eigenvalue weighted by atomic mass is 9.98. The molecule has 5 nitrogen and oxygen atoms in total. The SMILES string of the molecule is CCCC(C)(NS(=O)(=O)c1ccc(Br)s1)C(=O)OC. The monoisotopic (exact) mass is 369 g/mol. The number of thiophene rings is 1. The van der Waals surface area contributed by atoms with Gasteiger partial charge in [-0.3, -0.25) is 4.79 Å². The average Bonchev–Trinajstić information content (AvgIpc) is 2.75. The summed E-state index contributed by atoms with van der Waals surface area (Å²) >= 11 is 4.30. The number of rotatable bonds is 6. The molecule has 0 saturated carbocycles. The van der Waals surface area contributed by atoms with Crippen LogP contribution in [0.2, 0.25) is 0 Å². The second-order valence-electron chi connectivity index (χ2n) is 4.24. The zero-order valence-corrected chi connectivity index (χ0v) is 14.1. The third kappa shape index (κ3) is 4.01. The molecule has 1 aromatic rings. The molecule has 19 heavy (non-hydrogen) atoms. The number of methoxy groups -OCH3 is 1. The largest absolute Gasteiger partial charge is 0.468 e. The number of carbonyl (C=O) groups is 1. The van der Waals surface area contributed by atoms with Crippen LogP contribution >= 0.6 is 27.3 Å². The first-order valence-corrected chi connectivity index (χ1v) is 8.72. The Labute approximate surface area is 125 Å². The fraction of sp³-hybridized carbons (Fsp3) is 0.545. The molecule has 0 aliphatic heterocycles. The minimum atomic E-state index is -3.74.